The zero-order valence-electron chi connectivity index (χ0n) is 16.4. The van der Waals surface area contributed by atoms with Crippen LogP contribution < -0.4 is 10.5 Å². The first kappa shape index (κ1) is 21.2. The smallest absolute Gasteiger partial charge is 0.222 e. The zero-order chi connectivity index (χ0) is 20.7. The number of carbonyl (C=O) groups is 2. The Morgan fingerprint density at radius 3 is 2.90 bits per heavy atom. The molecule has 7 nitrogen and oxygen atoms in total. The summed E-state index contributed by atoms with van der Waals surface area (Å²) < 4.78 is 7.77. The first-order valence-electron chi connectivity index (χ1n) is 9.88. The second-order valence-electron chi connectivity index (χ2n) is 7.68. The highest BCUT2D eigenvalue weighted by Gasteiger charge is 2.39. The van der Waals surface area contributed by atoms with Crippen LogP contribution in [0, 0.1) is 5.41 Å². The minimum Gasteiger partial charge on any atom is -0.493 e. The van der Waals surface area contributed by atoms with Gasteiger partial charge in [0.05, 0.1) is 6.61 Å². The van der Waals surface area contributed by atoms with Crippen molar-refractivity contribution in [1.82, 2.24) is 14.7 Å². The lowest BCUT2D eigenvalue weighted by Crippen LogP contribution is -2.50. The molecular formula is C21H27ClN4O3. The Labute approximate surface area is 175 Å². The van der Waals surface area contributed by atoms with Crippen LogP contribution in [0.15, 0.2) is 42.7 Å². The molecule has 1 aromatic carbocycles. The third-order valence-corrected chi connectivity index (χ3v) is 5.48. The summed E-state index contributed by atoms with van der Waals surface area (Å²) in [5.41, 5.74) is 5.05. The number of nitrogens with zero attached hydrogens (tertiary/aromatic N) is 3. The summed E-state index contributed by atoms with van der Waals surface area (Å²) >= 11 is 6.02. The van der Waals surface area contributed by atoms with Crippen molar-refractivity contribution < 1.29 is 14.3 Å². The van der Waals surface area contributed by atoms with Crippen LogP contribution in [-0.4, -0.2) is 46.2 Å². The molecule has 0 saturated carbocycles. The van der Waals surface area contributed by atoms with Gasteiger partial charge in [0.1, 0.15) is 5.75 Å². The van der Waals surface area contributed by atoms with Gasteiger partial charge in [-0.3, -0.25) is 14.3 Å². The first-order chi connectivity index (χ1) is 14.0. The summed E-state index contributed by atoms with van der Waals surface area (Å²) in [5.74, 6) is 0.352. The molecule has 1 aliphatic rings. The molecule has 8 heteroatoms. The van der Waals surface area contributed by atoms with Gasteiger partial charge in [-0.2, -0.15) is 5.10 Å². The summed E-state index contributed by atoms with van der Waals surface area (Å²) in [4.78, 5) is 26.3. The van der Waals surface area contributed by atoms with E-state index in [9.17, 15) is 9.59 Å². The van der Waals surface area contributed by atoms with Gasteiger partial charge in [0.2, 0.25) is 11.8 Å². The van der Waals surface area contributed by atoms with E-state index in [1.807, 2.05) is 34.0 Å². The Kier molecular flexibility index (Phi) is 7.14. The molecule has 29 heavy (non-hydrogen) atoms. The fourth-order valence-electron chi connectivity index (χ4n) is 3.88. The Balaban J connectivity index is 1.60. The number of halogens is 1. The Hall–Kier alpha value is -2.54. The van der Waals surface area contributed by atoms with E-state index in [0.717, 1.165) is 19.3 Å². The number of hydrogen-bond acceptors (Lipinski definition) is 4. The lowest BCUT2D eigenvalue weighted by Gasteiger charge is -2.42. The summed E-state index contributed by atoms with van der Waals surface area (Å²) in [6.07, 6.45) is 6.57. The summed E-state index contributed by atoms with van der Waals surface area (Å²) in [7, 11) is 0. The molecule has 2 heterocycles. The molecule has 0 radical (unpaired) electrons. The minimum atomic E-state index is -0.482. The maximum Gasteiger partial charge on any atom is 0.222 e. The second kappa shape index (κ2) is 9.78. The van der Waals surface area contributed by atoms with Gasteiger partial charge in [-0.25, -0.2) is 0 Å². The van der Waals surface area contributed by atoms with E-state index in [4.69, 9.17) is 22.1 Å². The van der Waals surface area contributed by atoms with Crippen molar-refractivity contribution in [3.05, 3.63) is 47.7 Å². The summed E-state index contributed by atoms with van der Waals surface area (Å²) in [6.45, 7) is 2.18. The number of nitrogens with two attached hydrogens (primary N) is 1. The highest BCUT2D eigenvalue weighted by Crippen LogP contribution is 2.35. The van der Waals surface area contributed by atoms with E-state index in [1.54, 1.807) is 18.3 Å². The van der Waals surface area contributed by atoms with E-state index in [-0.39, 0.29) is 18.2 Å². The van der Waals surface area contributed by atoms with Crippen LogP contribution in [0.2, 0.25) is 5.02 Å². The number of benzene rings is 1. The monoisotopic (exact) mass is 418 g/mol. The fourth-order valence-corrected chi connectivity index (χ4v) is 4.06. The largest absolute Gasteiger partial charge is 0.493 e. The number of likely N-dealkylation sites (tertiary alicyclic amines) is 1. The van der Waals surface area contributed by atoms with Crippen molar-refractivity contribution in [2.24, 2.45) is 11.1 Å². The lowest BCUT2D eigenvalue weighted by molar-refractivity contribution is -0.137. The van der Waals surface area contributed by atoms with Crippen LogP contribution in [0.1, 0.15) is 32.1 Å². The molecule has 1 aliphatic heterocycles. The topological polar surface area (TPSA) is 90.5 Å². The van der Waals surface area contributed by atoms with E-state index in [0.29, 0.717) is 43.4 Å². The van der Waals surface area contributed by atoms with Crippen LogP contribution in [0.5, 0.6) is 5.75 Å². The molecule has 0 unspecified atom stereocenters. The molecule has 0 aliphatic carbocycles. The van der Waals surface area contributed by atoms with Gasteiger partial charge in [-0.15, -0.1) is 0 Å². The summed E-state index contributed by atoms with van der Waals surface area (Å²) in [5, 5.41) is 4.74. The fraction of sp³-hybridized carbons (Fsp3) is 0.476. The van der Waals surface area contributed by atoms with E-state index >= 15 is 0 Å². The Bertz CT molecular complexity index is 827. The van der Waals surface area contributed by atoms with Gasteiger partial charge < -0.3 is 15.4 Å². The van der Waals surface area contributed by atoms with Crippen molar-refractivity contribution in [3.63, 3.8) is 0 Å². The standard InChI is InChI=1S/C21H27ClN4O3/c22-17-5-1-6-18(13-17)29-16-21(14-19(23)27)8-3-10-25(15-21)20(28)7-2-11-26-12-4-9-24-26/h1,4-6,9,12-13H,2-3,7-8,10-11,14-16H2,(H2,23,27)/t21-/m1/s1. The number of hydrogen-bond donors (Lipinski definition) is 1. The van der Waals surface area contributed by atoms with Gasteiger partial charge in [0, 0.05) is 55.3 Å². The van der Waals surface area contributed by atoms with Crippen LogP contribution in [0.3, 0.4) is 0 Å². The number of carbonyl (C=O) groups excluding carboxylic acids is 2. The highest BCUT2D eigenvalue weighted by atomic mass is 35.5. The Morgan fingerprint density at radius 2 is 2.17 bits per heavy atom. The predicted molar refractivity (Wildman–Crippen MR) is 110 cm³/mol. The van der Waals surface area contributed by atoms with Gasteiger partial charge in [0.15, 0.2) is 0 Å². The molecule has 3 rings (SSSR count). The highest BCUT2D eigenvalue weighted by molar-refractivity contribution is 6.30. The van der Waals surface area contributed by atoms with Gasteiger partial charge in [0.25, 0.3) is 0 Å². The second-order valence-corrected chi connectivity index (χ2v) is 8.12. The maximum atomic E-state index is 12.7. The molecule has 2 N–H and O–H groups in total. The summed E-state index contributed by atoms with van der Waals surface area (Å²) in [6, 6.07) is 9.02. The number of amides is 2. The van der Waals surface area contributed by atoms with E-state index in [1.165, 1.54) is 0 Å². The number of rotatable bonds is 9. The van der Waals surface area contributed by atoms with Crippen LogP contribution >= 0.6 is 11.6 Å². The van der Waals surface area contributed by atoms with E-state index < -0.39 is 5.41 Å². The van der Waals surface area contributed by atoms with E-state index in [2.05, 4.69) is 5.10 Å². The van der Waals surface area contributed by atoms with Gasteiger partial charge in [-0.1, -0.05) is 17.7 Å². The predicted octanol–water partition coefficient (Wildman–Crippen LogP) is 2.88. The SMILES string of the molecule is NC(=O)C[C@]1(COc2cccc(Cl)c2)CCCN(C(=O)CCCn2cccn2)C1. The molecule has 2 aromatic rings. The maximum absolute atomic E-state index is 12.7. The minimum absolute atomic E-state index is 0.0912. The molecule has 156 valence electrons. The zero-order valence-corrected chi connectivity index (χ0v) is 17.2. The van der Waals surface area contributed by atoms with Crippen LogP contribution in [-0.2, 0) is 16.1 Å². The van der Waals surface area contributed by atoms with Crippen molar-refractivity contribution in [3.8, 4) is 5.75 Å². The average Bonchev–Trinajstić information content (AvgIpc) is 3.20. The number of aromatic nitrogens is 2. The van der Waals surface area contributed by atoms with Crippen LogP contribution in [0.25, 0.3) is 0 Å². The van der Waals surface area contributed by atoms with Gasteiger partial charge in [-0.05, 0) is 43.5 Å². The number of ether oxygens (including phenoxy) is 1. The molecule has 1 atom stereocenters. The number of primary amides is 1. The molecule has 1 fully saturated rings. The first-order valence-corrected chi connectivity index (χ1v) is 10.3. The average molecular weight is 419 g/mol. The normalized spacial score (nSPS) is 19.1. The van der Waals surface area contributed by atoms with Crippen LogP contribution in [0.4, 0.5) is 0 Å². The number of aryl methyl sites for hydroxylation is 1. The van der Waals surface area contributed by atoms with Crippen molar-refractivity contribution in [2.75, 3.05) is 19.7 Å². The Morgan fingerprint density at radius 1 is 1.31 bits per heavy atom. The third kappa shape index (κ3) is 6.22. The lowest BCUT2D eigenvalue weighted by atomic mass is 9.77. The number of piperidine rings is 1. The molecule has 1 saturated heterocycles. The van der Waals surface area contributed by atoms with Crippen molar-refractivity contribution in [1.29, 1.82) is 0 Å². The van der Waals surface area contributed by atoms with Gasteiger partial charge >= 0.3 is 0 Å². The quantitative estimate of drug-likeness (QED) is 0.677. The molecule has 0 bridgehead atoms. The molecule has 0 spiro atoms. The molecule has 2 amide bonds. The third-order valence-electron chi connectivity index (χ3n) is 5.24. The molecular weight excluding hydrogens is 392 g/mol. The van der Waals surface area contributed by atoms with Crippen molar-refractivity contribution >= 4 is 23.4 Å². The molecule has 1 aromatic heterocycles. The van der Waals surface area contributed by atoms with Crippen molar-refractivity contribution in [2.45, 2.75) is 38.6 Å².